The molecule has 0 fully saturated rings. The third-order valence-electron chi connectivity index (χ3n) is 3.55. The molecule has 120 valence electrons. The molecule has 0 radical (unpaired) electrons. The molecule has 23 heavy (non-hydrogen) atoms. The monoisotopic (exact) mass is 339 g/mol. The molecular formula is C17H13ClF3NO. The van der Waals surface area contributed by atoms with E-state index in [0.29, 0.717) is 22.6 Å². The second-order valence-corrected chi connectivity index (χ2v) is 5.83. The lowest BCUT2D eigenvalue weighted by Gasteiger charge is -2.24. The van der Waals surface area contributed by atoms with Crippen LogP contribution >= 0.6 is 11.6 Å². The minimum atomic E-state index is -4.44. The number of halogens is 4. The summed E-state index contributed by atoms with van der Waals surface area (Å²) in [7, 11) is 0. The summed E-state index contributed by atoms with van der Waals surface area (Å²) in [4.78, 5) is 4.29. The van der Waals surface area contributed by atoms with Crippen LogP contribution in [0.25, 0.3) is 6.08 Å². The van der Waals surface area contributed by atoms with Gasteiger partial charge in [-0.2, -0.15) is 13.2 Å². The van der Waals surface area contributed by atoms with Gasteiger partial charge in [-0.25, -0.2) is 0 Å². The Kier molecular flexibility index (Phi) is 4.06. The minimum absolute atomic E-state index is 0.182. The lowest BCUT2D eigenvalue weighted by molar-refractivity contribution is -0.180. The number of benzene rings is 1. The molecule has 0 aliphatic carbocycles. The first-order valence-corrected chi connectivity index (χ1v) is 7.36. The Balaban J connectivity index is 1.90. The number of pyridine rings is 1. The molecule has 1 aromatic carbocycles. The molecule has 2 nitrogen and oxygen atoms in total. The summed E-state index contributed by atoms with van der Waals surface area (Å²) in [5.74, 6) is 0.182. The maximum absolute atomic E-state index is 12.8. The van der Waals surface area contributed by atoms with E-state index in [4.69, 9.17) is 16.3 Å². The van der Waals surface area contributed by atoms with E-state index < -0.39 is 12.3 Å². The number of aromatic nitrogens is 1. The Morgan fingerprint density at radius 3 is 2.70 bits per heavy atom. The molecule has 0 spiro atoms. The predicted molar refractivity (Wildman–Crippen MR) is 82.7 cm³/mol. The number of alkyl halides is 3. The minimum Gasteiger partial charge on any atom is -0.476 e. The average molecular weight is 340 g/mol. The summed E-state index contributed by atoms with van der Waals surface area (Å²) in [6, 6.07) is 6.96. The zero-order valence-electron chi connectivity index (χ0n) is 12.2. The van der Waals surface area contributed by atoms with E-state index in [1.54, 1.807) is 18.3 Å². The Hall–Kier alpha value is -2.01. The van der Waals surface area contributed by atoms with E-state index in [9.17, 15) is 13.2 Å². The number of nitrogens with zero attached hydrogens (tertiary/aromatic N) is 1. The Bertz CT molecular complexity index is 754. The van der Waals surface area contributed by atoms with Gasteiger partial charge >= 0.3 is 6.18 Å². The van der Waals surface area contributed by atoms with E-state index >= 15 is 0 Å². The maximum Gasteiger partial charge on any atom is 0.429 e. The molecular weight excluding hydrogens is 327 g/mol. The smallest absolute Gasteiger partial charge is 0.429 e. The summed E-state index contributed by atoms with van der Waals surface area (Å²) in [5, 5.41) is 0.477. The van der Waals surface area contributed by atoms with Gasteiger partial charge in [-0.05, 0) is 42.3 Å². The summed E-state index contributed by atoms with van der Waals surface area (Å²) in [6.45, 7) is 1.93. The first-order chi connectivity index (χ1) is 10.8. The van der Waals surface area contributed by atoms with Crippen LogP contribution in [0.2, 0.25) is 5.02 Å². The van der Waals surface area contributed by atoms with Crippen molar-refractivity contribution in [1.29, 1.82) is 0 Å². The predicted octanol–water partition coefficient (Wildman–Crippen LogP) is 4.97. The van der Waals surface area contributed by atoms with Crippen LogP contribution in [0.3, 0.4) is 0 Å². The molecule has 3 rings (SSSR count). The van der Waals surface area contributed by atoms with Gasteiger partial charge in [0.25, 0.3) is 0 Å². The lowest BCUT2D eigenvalue weighted by atomic mass is 10.0. The van der Waals surface area contributed by atoms with Crippen molar-refractivity contribution in [2.24, 2.45) is 0 Å². The quantitative estimate of drug-likeness (QED) is 0.770. The number of hydrogen-bond donors (Lipinski definition) is 0. The van der Waals surface area contributed by atoms with Gasteiger partial charge in [0.2, 0.25) is 6.10 Å². The molecule has 0 bridgehead atoms. The number of hydrogen-bond acceptors (Lipinski definition) is 2. The van der Waals surface area contributed by atoms with E-state index in [1.807, 2.05) is 19.1 Å². The van der Waals surface area contributed by atoms with Crippen LogP contribution in [-0.4, -0.2) is 17.3 Å². The first-order valence-electron chi connectivity index (χ1n) is 6.98. The van der Waals surface area contributed by atoms with Gasteiger partial charge in [0.05, 0.1) is 0 Å². The highest BCUT2D eigenvalue weighted by atomic mass is 35.5. The Morgan fingerprint density at radius 1 is 1.26 bits per heavy atom. The van der Waals surface area contributed by atoms with E-state index in [1.165, 1.54) is 6.08 Å². The van der Waals surface area contributed by atoms with Crippen molar-refractivity contribution < 1.29 is 17.9 Å². The fourth-order valence-electron chi connectivity index (χ4n) is 2.32. The van der Waals surface area contributed by atoms with Gasteiger partial charge in [-0.15, -0.1) is 0 Å². The molecule has 0 amide bonds. The van der Waals surface area contributed by atoms with Crippen LogP contribution in [0.15, 0.2) is 36.5 Å². The van der Waals surface area contributed by atoms with Crippen LogP contribution in [-0.2, 0) is 6.42 Å². The zero-order valence-corrected chi connectivity index (χ0v) is 12.9. The van der Waals surface area contributed by atoms with Gasteiger partial charge in [0.1, 0.15) is 5.75 Å². The molecule has 1 aliphatic rings. The van der Waals surface area contributed by atoms with E-state index in [2.05, 4.69) is 4.98 Å². The van der Waals surface area contributed by atoms with Crippen molar-refractivity contribution in [1.82, 2.24) is 4.98 Å². The van der Waals surface area contributed by atoms with Gasteiger partial charge < -0.3 is 4.74 Å². The van der Waals surface area contributed by atoms with Crippen molar-refractivity contribution in [3.05, 3.63) is 63.9 Å². The summed E-state index contributed by atoms with van der Waals surface area (Å²) >= 11 is 6.23. The van der Waals surface area contributed by atoms with Crippen LogP contribution in [0.1, 0.15) is 22.4 Å². The third-order valence-corrected chi connectivity index (χ3v) is 3.90. The van der Waals surface area contributed by atoms with Crippen molar-refractivity contribution in [2.75, 3.05) is 0 Å². The molecule has 1 atom stereocenters. The van der Waals surface area contributed by atoms with E-state index in [0.717, 1.165) is 17.3 Å². The van der Waals surface area contributed by atoms with Crippen LogP contribution < -0.4 is 4.74 Å². The number of aryl methyl sites for hydroxylation is 1. The van der Waals surface area contributed by atoms with Crippen molar-refractivity contribution in [3.63, 3.8) is 0 Å². The highest BCUT2D eigenvalue weighted by Gasteiger charge is 2.41. The van der Waals surface area contributed by atoms with Crippen molar-refractivity contribution in [3.8, 4) is 5.75 Å². The number of ether oxygens (including phenoxy) is 1. The fraction of sp³-hybridized carbons (Fsp3) is 0.235. The van der Waals surface area contributed by atoms with Crippen LogP contribution in [0.4, 0.5) is 13.2 Å². The van der Waals surface area contributed by atoms with Crippen LogP contribution in [0.5, 0.6) is 5.75 Å². The number of rotatable bonds is 2. The second kappa shape index (κ2) is 5.89. The summed E-state index contributed by atoms with van der Waals surface area (Å²) in [6.07, 6.45) is -1.83. The summed E-state index contributed by atoms with van der Waals surface area (Å²) < 4.78 is 43.4. The zero-order chi connectivity index (χ0) is 16.6. The molecule has 1 unspecified atom stereocenters. The Morgan fingerprint density at radius 2 is 2.04 bits per heavy atom. The van der Waals surface area contributed by atoms with Crippen molar-refractivity contribution >= 4 is 17.7 Å². The summed E-state index contributed by atoms with van der Waals surface area (Å²) in [5.41, 5.74) is 3.04. The molecule has 2 heterocycles. The molecule has 0 N–H and O–H groups in total. The SMILES string of the molecule is Cc1ccc(Cc2cc3c(cc2Cl)C=CC(C(F)(F)F)O3)nc1. The topological polar surface area (TPSA) is 22.1 Å². The normalized spacial score (nSPS) is 16.8. The lowest BCUT2D eigenvalue weighted by Crippen LogP contribution is -2.33. The molecule has 1 aliphatic heterocycles. The highest BCUT2D eigenvalue weighted by molar-refractivity contribution is 6.31. The molecule has 6 heteroatoms. The standard InChI is InChI=1S/C17H13ClF3NO/c1-10-2-4-13(22-9-10)6-12-8-15-11(7-14(12)18)3-5-16(23-15)17(19,20)21/h2-5,7-9,16H,6H2,1H3. The third kappa shape index (κ3) is 3.50. The number of fused-ring (bicyclic) bond motifs is 1. The molecule has 2 aromatic rings. The van der Waals surface area contributed by atoms with Crippen LogP contribution in [0, 0.1) is 6.92 Å². The fourth-order valence-corrected chi connectivity index (χ4v) is 2.56. The molecule has 1 aromatic heterocycles. The van der Waals surface area contributed by atoms with Crippen molar-refractivity contribution in [2.45, 2.75) is 25.6 Å². The Labute approximate surface area is 136 Å². The highest BCUT2D eigenvalue weighted by Crippen LogP contribution is 2.36. The largest absolute Gasteiger partial charge is 0.476 e. The first kappa shape index (κ1) is 15.9. The van der Waals surface area contributed by atoms with Gasteiger partial charge in [-0.1, -0.05) is 23.7 Å². The van der Waals surface area contributed by atoms with Gasteiger partial charge in [0, 0.05) is 28.9 Å². The van der Waals surface area contributed by atoms with Gasteiger partial charge in [0.15, 0.2) is 0 Å². The average Bonchev–Trinajstić information content (AvgIpc) is 2.49. The second-order valence-electron chi connectivity index (χ2n) is 5.42. The molecule has 0 saturated heterocycles. The molecule has 0 saturated carbocycles. The van der Waals surface area contributed by atoms with Gasteiger partial charge in [-0.3, -0.25) is 4.98 Å². The van der Waals surface area contributed by atoms with E-state index in [-0.39, 0.29) is 5.75 Å². The maximum atomic E-state index is 12.8.